The van der Waals surface area contributed by atoms with Gasteiger partial charge in [0, 0.05) is 38.1 Å². The van der Waals surface area contributed by atoms with Gasteiger partial charge in [-0.25, -0.2) is 13.6 Å². The number of amides is 1. The van der Waals surface area contributed by atoms with Crippen LogP contribution in [0.2, 0.25) is 0 Å². The summed E-state index contributed by atoms with van der Waals surface area (Å²) in [7, 11) is 0. The molecule has 1 radical (unpaired) electrons. The van der Waals surface area contributed by atoms with Gasteiger partial charge in [-0.05, 0) is 52.0 Å². The molecule has 1 N–H and O–H groups in total. The molecule has 1 amide bonds. The minimum Gasteiger partial charge on any atom is -0.862 e. The first kappa shape index (κ1) is 32.5. The average Bonchev–Trinajstić information content (AvgIpc) is 3.54. The Morgan fingerprint density at radius 2 is 2.07 bits per heavy atom. The number of nitrogens with one attached hydrogen (secondary N) is 1. The number of alkyl carbamates (subject to hydrolysis) is 1. The Hall–Kier alpha value is -3.48. The fraction of sp³-hybridized carbons (Fsp3) is 0.531. The summed E-state index contributed by atoms with van der Waals surface area (Å²) in [5, 5.41) is 13.3. The number of aromatic nitrogens is 3. The molecular weight excluding hydrogens is 642 g/mol. The largest absolute Gasteiger partial charge is 2.00 e. The van der Waals surface area contributed by atoms with Crippen molar-refractivity contribution in [1.82, 2.24) is 25.2 Å². The second-order valence-electron chi connectivity index (χ2n) is 12.9. The summed E-state index contributed by atoms with van der Waals surface area (Å²) in [6.45, 7) is 4.13. The van der Waals surface area contributed by atoms with E-state index < -0.39 is 35.0 Å². The van der Waals surface area contributed by atoms with Crippen molar-refractivity contribution in [2.45, 2.75) is 69.1 Å². The Morgan fingerprint density at radius 1 is 1.24 bits per heavy atom. The molecule has 0 aliphatic carbocycles. The second-order valence-corrected chi connectivity index (χ2v) is 12.9. The van der Waals surface area contributed by atoms with Gasteiger partial charge in [-0.1, -0.05) is 11.1 Å². The molecule has 3 atom stereocenters. The van der Waals surface area contributed by atoms with Crippen LogP contribution >= 0.6 is 0 Å². The van der Waals surface area contributed by atoms with E-state index in [-0.39, 0.29) is 77.0 Å². The number of nitrogens with zero attached hydrogens (tertiary/aromatic N) is 6. The van der Waals surface area contributed by atoms with E-state index in [2.05, 4.69) is 26.3 Å². The van der Waals surface area contributed by atoms with Crippen LogP contribution in [0.25, 0.3) is 27.6 Å². The van der Waals surface area contributed by atoms with Crippen molar-refractivity contribution in [3.8, 4) is 17.3 Å². The van der Waals surface area contributed by atoms with E-state index in [1.165, 1.54) is 6.20 Å². The summed E-state index contributed by atoms with van der Waals surface area (Å²) in [4.78, 5) is 30.5. The predicted octanol–water partition coefficient (Wildman–Crippen LogP) is 4.74. The van der Waals surface area contributed by atoms with Crippen LogP contribution in [0.1, 0.15) is 56.6 Å². The second kappa shape index (κ2) is 12.6. The van der Waals surface area contributed by atoms with Crippen molar-refractivity contribution in [1.29, 1.82) is 0 Å². The van der Waals surface area contributed by atoms with Gasteiger partial charge < -0.3 is 25.1 Å². The molecule has 5 aliphatic rings. The maximum absolute atomic E-state index is 16.7. The zero-order chi connectivity index (χ0) is 31.3. The molecule has 7 heterocycles. The van der Waals surface area contributed by atoms with Crippen molar-refractivity contribution in [2.75, 3.05) is 44.3 Å². The Labute approximate surface area is 275 Å². The number of benzene rings is 1. The number of ether oxygens (including phenoxy) is 2. The van der Waals surface area contributed by atoms with Crippen LogP contribution in [0, 0.1) is 17.7 Å². The van der Waals surface area contributed by atoms with E-state index in [4.69, 9.17) is 14.5 Å². The summed E-state index contributed by atoms with van der Waals surface area (Å²) in [5.41, 5.74) is -1.27. The summed E-state index contributed by atoms with van der Waals surface area (Å²) < 4.78 is 58.0. The molecule has 46 heavy (non-hydrogen) atoms. The van der Waals surface area contributed by atoms with Gasteiger partial charge in [0.15, 0.2) is 5.82 Å². The Bertz CT molecular complexity index is 1680. The number of piperidine rings is 1. The molecule has 5 aliphatic heterocycles. The van der Waals surface area contributed by atoms with E-state index in [0.717, 1.165) is 31.7 Å². The van der Waals surface area contributed by atoms with Gasteiger partial charge in [-0.2, -0.15) is 15.5 Å². The number of hydrogen-bond acceptors (Lipinski definition) is 8. The number of halogens is 3. The van der Waals surface area contributed by atoms with E-state index in [9.17, 15) is 14.6 Å². The Morgan fingerprint density at radius 3 is 2.89 bits per heavy atom. The van der Waals surface area contributed by atoms with Crippen molar-refractivity contribution in [3.05, 3.63) is 46.5 Å². The molecule has 1 aromatic carbocycles. The third-order valence-electron chi connectivity index (χ3n) is 9.66. The molecule has 0 spiro atoms. The Kier molecular flexibility index (Phi) is 8.90. The van der Waals surface area contributed by atoms with Crippen LogP contribution in [-0.2, 0) is 28.2 Å². The standard InChI is InChI=1S/C32H34F3N7O3.Mn/c1-31-8-3-10-41(17-31)28-22-15-37-27(24-19(14-36)6-7-23(34)21(24)5-2-12-44-30(43)40-31)25(35)26(22)38-29(39-28)45-18-32-9-4-11-42(32)16-20(33)13-32;/h7,14-15,20H,2-5,8-13,16-18H2,1H3,(H,40,43);/q-2;+2/t20-,31-,32+;/m1./s1. The minimum absolute atomic E-state index is 0. The fourth-order valence-electron chi connectivity index (χ4n) is 7.57. The van der Waals surface area contributed by atoms with Crippen LogP contribution in [0.3, 0.4) is 0 Å². The van der Waals surface area contributed by atoms with Crippen LogP contribution in [-0.4, -0.2) is 88.8 Å². The molecule has 0 saturated carbocycles. The van der Waals surface area contributed by atoms with Gasteiger partial charge in [0.1, 0.15) is 24.1 Å². The number of carbonyl (C=O) groups is 1. The average molecular weight is 677 g/mol. The zero-order valence-electron chi connectivity index (χ0n) is 25.4. The first-order chi connectivity index (χ1) is 21.7. The quantitative estimate of drug-likeness (QED) is 0.240. The molecule has 3 fully saturated rings. The van der Waals surface area contributed by atoms with Crippen molar-refractivity contribution < 1.29 is 44.5 Å². The molecule has 14 heteroatoms. The smallest absolute Gasteiger partial charge is 0.862 e. The van der Waals surface area contributed by atoms with E-state index >= 15 is 8.78 Å². The normalized spacial score (nSPS) is 26.3. The molecule has 243 valence electrons. The molecule has 2 aromatic heterocycles. The monoisotopic (exact) mass is 676 g/mol. The number of anilines is 1. The summed E-state index contributed by atoms with van der Waals surface area (Å²) >= 11 is 0. The maximum Gasteiger partial charge on any atom is 2.00 e. The molecular formula is C32H34F3MnN7O3. The van der Waals surface area contributed by atoms with Gasteiger partial charge in [0.05, 0.1) is 28.8 Å². The molecule has 10 nitrogen and oxygen atoms in total. The van der Waals surface area contributed by atoms with Crippen LogP contribution in [0.4, 0.5) is 23.8 Å². The van der Waals surface area contributed by atoms with E-state index in [1.807, 2.05) is 11.8 Å². The van der Waals surface area contributed by atoms with E-state index in [0.29, 0.717) is 50.1 Å². The topological polar surface area (TPSA) is 115 Å². The van der Waals surface area contributed by atoms with Crippen LogP contribution < -0.4 is 15.0 Å². The van der Waals surface area contributed by atoms with Crippen LogP contribution in [0.5, 0.6) is 6.01 Å². The number of alkyl halides is 1. The molecule has 0 unspecified atom stereocenters. The fourth-order valence-corrected chi connectivity index (χ4v) is 7.57. The van der Waals surface area contributed by atoms with Gasteiger partial charge in [-0.15, -0.1) is 12.1 Å². The van der Waals surface area contributed by atoms with Gasteiger partial charge in [-0.3, -0.25) is 20.5 Å². The number of fused-ring (bicyclic) bond motifs is 7. The third-order valence-corrected chi connectivity index (χ3v) is 9.66. The summed E-state index contributed by atoms with van der Waals surface area (Å²) in [5.74, 6) is -1.12. The first-order valence-electron chi connectivity index (χ1n) is 15.5. The van der Waals surface area contributed by atoms with Crippen molar-refractivity contribution >= 4 is 29.0 Å². The summed E-state index contributed by atoms with van der Waals surface area (Å²) in [6, 6.07) is 3.66. The molecule has 8 rings (SSSR count). The molecule has 3 aromatic rings. The van der Waals surface area contributed by atoms with Gasteiger partial charge in [0.2, 0.25) is 0 Å². The zero-order valence-corrected chi connectivity index (χ0v) is 26.6. The summed E-state index contributed by atoms with van der Waals surface area (Å²) in [6.07, 6.45) is 4.41. The minimum atomic E-state index is -0.945. The van der Waals surface area contributed by atoms with Crippen molar-refractivity contribution in [2.24, 2.45) is 0 Å². The van der Waals surface area contributed by atoms with Crippen LogP contribution in [0.15, 0.2) is 12.3 Å². The SMILES string of the molecule is C[C@@]12CCCN(C1)c1nc(OC[C@@]34CCCN3C[C@H](F)C4)nc3c(F)c(ncc13)-c1c(C=[N-])[c-]cc(F)c1CCCOC(=O)N2.[Mn+2]. The molecule has 6 bridgehead atoms. The van der Waals surface area contributed by atoms with Crippen molar-refractivity contribution in [3.63, 3.8) is 0 Å². The number of carbonyl (C=O) groups excluding carboxylic acids is 1. The van der Waals surface area contributed by atoms with Gasteiger partial charge in [0.25, 0.3) is 0 Å². The van der Waals surface area contributed by atoms with Gasteiger partial charge >= 0.3 is 29.2 Å². The third kappa shape index (κ3) is 5.79. The molecule has 3 saturated heterocycles. The number of pyridine rings is 1. The predicted molar refractivity (Wildman–Crippen MR) is 161 cm³/mol. The first-order valence-corrected chi connectivity index (χ1v) is 15.5. The Balaban J connectivity index is 0.00000372. The van der Waals surface area contributed by atoms with E-state index in [1.54, 1.807) is 0 Å². The number of rotatable bonds is 4. The number of hydrogen-bond donors (Lipinski definition) is 1. The maximum atomic E-state index is 16.7.